The molecule has 3 aromatic rings. The Morgan fingerprint density at radius 2 is 1.93 bits per heavy atom. The third-order valence-electron chi connectivity index (χ3n) is 6.88. The van der Waals surface area contributed by atoms with Gasteiger partial charge in [0.25, 0.3) is 5.56 Å². The summed E-state index contributed by atoms with van der Waals surface area (Å²) in [6.45, 7) is -0.354. The third-order valence-corrected chi connectivity index (χ3v) is 8.05. The number of nitrogens with one attached hydrogen (secondary N) is 1. The van der Waals surface area contributed by atoms with Gasteiger partial charge < -0.3 is 34.2 Å². The summed E-state index contributed by atoms with van der Waals surface area (Å²) >= 11 is 0. The van der Waals surface area contributed by atoms with Crippen molar-refractivity contribution in [2.75, 3.05) is 6.61 Å². The van der Waals surface area contributed by atoms with Crippen LogP contribution in [0, 0.1) is 0 Å². The number of benzene rings is 1. The Labute approximate surface area is 227 Å². The molecule has 1 saturated heterocycles. The van der Waals surface area contributed by atoms with Gasteiger partial charge in [0.15, 0.2) is 12.0 Å². The van der Waals surface area contributed by atoms with Gasteiger partial charge >= 0.3 is 13.3 Å². The standard InChI is InChI=1S/C24H30N5O10P/c30-19-8-9-28(24(33)25-19)22-21(32)20(31)18(39-22)13-37-12-15-11-29(27-26-15)23(40(34,35)36)14-4-3-7-17(10-14)38-16-5-1-2-6-16/h3-4,7-11,16,18,20-23,31-32H,1-2,5-6,12-13H2,(H,25,30,33)(H2,34,35,36)/t18-,20-,21-,22-,23?/m1/s1. The van der Waals surface area contributed by atoms with Crippen LogP contribution in [-0.4, -0.2) is 75.6 Å². The van der Waals surface area contributed by atoms with E-state index in [-0.39, 0.29) is 25.0 Å². The number of aliphatic hydroxyl groups is 2. The van der Waals surface area contributed by atoms with Crippen LogP contribution in [0.2, 0.25) is 0 Å². The second-order valence-electron chi connectivity index (χ2n) is 9.83. The van der Waals surface area contributed by atoms with Crippen LogP contribution < -0.4 is 16.0 Å². The highest BCUT2D eigenvalue weighted by atomic mass is 31.2. The van der Waals surface area contributed by atoms with E-state index in [0.29, 0.717) is 11.3 Å². The first-order chi connectivity index (χ1) is 19.1. The van der Waals surface area contributed by atoms with Crippen LogP contribution in [0.1, 0.15) is 49.0 Å². The first kappa shape index (κ1) is 28.4. The summed E-state index contributed by atoms with van der Waals surface area (Å²) in [6.07, 6.45) is 1.51. The summed E-state index contributed by atoms with van der Waals surface area (Å²) in [5.41, 5.74) is -0.870. The number of hydrogen-bond donors (Lipinski definition) is 5. The molecule has 1 aromatic carbocycles. The highest BCUT2D eigenvalue weighted by Crippen LogP contribution is 2.52. The molecule has 1 aliphatic carbocycles. The SMILES string of the molecule is O=c1ccn([C@@H]2O[C@H](COCc3cn(C(c4cccc(OC5CCCC5)c4)P(=O)(O)O)nn3)[C@@H](O)[C@H]2O)c(=O)[nH]1. The fraction of sp³-hybridized carbons (Fsp3) is 0.500. The minimum atomic E-state index is -4.73. The molecule has 3 heterocycles. The Morgan fingerprint density at radius 1 is 1.15 bits per heavy atom. The van der Waals surface area contributed by atoms with Gasteiger partial charge in [-0.3, -0.25) is 18.9 Å². The second-order valence-corrected chi connectivity index (χ2v) is 11.5. The minimum Gasteiger partial charge on any atom is -0.490 e. The van der Waals surface area contributed by atoms with Gasteiger partial charge in [-0.2, -0.15) is 0 Å². The average Bonchev–Trinajstić information content (AvgIpc) is 3.63. The van der Waals surface area contributed by atoms with Crippen LogP contribution in [0.5, 0.6) is 5.75 Å². The summed E-state index contributed by atoms with van der Waals surface area (Å²) < 4.78 is 31.6. The number of aromatic amines is 1. The Balaban J connectivity index is 1.23. The maximum atomic E-state index is 12.5. The van der Waals surface area contributed by atoms with Crippen molar-refractivity contribution in [3.63, 3.8) is 0 Å². The highest BCUT2D eigenvalue weighted by molar-refractivity contribution is 7.52. The topological polar surface area (TPSA) is 211 Å². The van der Waals surface area contributed by atoms with Crippen molar-refractivity contribution in [3.05, 3.63) is 74.8 Å². The lowest BCUT2D eigenvalue weighted by atomic mass is 10.1. The maximum Gasteiger partial charge on any atom is 0.354 e. The van der Waals surface area contributed by atoms with Gasteiger partial charge in [-0.1, -0.05) is 17.3 Å². The van der Waals surface area contributed by atoms with Gasteiger partial charge in [-0.15, -0.1) is 5.10 Å². The van der Waals surface area contributed by atoms with E-state index in [0.717, 1.165) is 47.2 Å². The van der Waals surface area contributed by atoms with Gasteiger partial charge in [0.2, 0.25) is 0 Å². The number of hydrogen-bond acceptors (Lipinski definition) is 10. The molecule has 15 nitrogen and oxygen atoms in total. The highest BCUT2D eigenvalue weighted by Gasteiger charge is 2.44. The molecule has 1 unspecified atom stereocenters. The van der Waals surface area contributed by atoms with Crippen LogP contribution >= 0.6 is 7.60 Å². The lowest BCUT2D eigenvalue weighted by Gasteiger charge is -2.20. The zero-order chi connectivity index (χ0) is 28.4. The number of H-pyrrole nitrogens is 1. The molecule has 16 heteroatoms. The maximum absolute atomic E-state index is 12.5. The number of aromatic nitrogens is 5. The van der Waals surface area contributed by atoms with Gasteiger partial charge in [0.1, 0.15) is 29.8 Å². The molecule has 5 N–H and O–H groups in total. The molecule has 0 spiro atoms. The van der Waals surface area contributed by atoms with Crippen molar-refractivity contribution in [1.82, 2.24) is 24.5 Å². The zero-order valence-corrected chi connectivity index (χ0v) is 22.1. The van der Waals surface area contributed by atoms with Crippen molar-refractivity contribution in [1.29, 1.82) is 0 Å². The lowest BCUT2D eigenvalue weighted by molar-refractivity contribution is -0.0714. The van der Waals surface area contributed by atoms with E-state index in [4.69, 9.17) is 14.2 Å². The van der Waals surface area contributed by atoms with Crippen molar-refractivity contribution in [2.45, 2.75) is 68.7 Å². The molecule has 5 rings (SSSR count). The van der Waals surface area contributed by atoms with Gasteiger partial charge in [-0.05, 0) is 43.4 Å². The average molecular weight is 580 g/mol. The first-order valence-electron chi connectivity index (χ1n) is 12.7. The lowest BCUT2D eigenvalue weighted by Crippen LogP contribution is -2.37. The van der Waals surface area contributed by atoms with Gasteiger partial charge in [-0.25, -0.2) is 9.48 Å². The molecule has 2 aliphatic rings. The molecule has 1 saturated carbocycles. The molecule has 2 aromatic heterocycles. The largest absolute Gasteiger partial charge is 0.490 e. The van der Waals surface area contributed by atoms with Crippen molar-refractivity contribution in [3.8, 4) is 5.75 Å². The van der Waals surface area contributed by atoms with Crippen molar-refractivity contribution >= 4 is 7.60 Å². The Morgan fingerprint density at radius 3 is 2.65 bits per heavy atom. The van der Waals surface area contributed by atoms with Crippen LogP contribution in [0.4, 0.5) is 0 Å². The Hall–Kier alpha value is -3.17. The third kappa shape index (κ3) is 6.25. The summed E-state index contributed by atoms with van der Waals surface area (Å²) in [5.74, 6) is -0.918. The fourth-order valence-corrected chi connectivity index (χ4v) is 5.92. The van der Waals surface area contributed by atoms with E-state index in [1.165, 1.54) is 6.20 Å². The molecular formula is C24H30N5O10P. The van der Waals surface area contributed by atoms with Crippen LogP contribution in [0.15, 0.2) is 52.3 Å². The monoisotopic (exact) mass is 579 g/mol. The fourth-order valence-electron chi connectivity index (χ4n) is 4.95. The van der Waals surface area contributed by atoms with E-state index in [2.05, 4.69) is 15.3 Å². The Kier molecular flexibility index (Phi) is 8.33. The van der Waals surface area contributed by atoms with Crippen LogP contribution in [0.3, 0.4) is 0 Å². The predicted molar refractivity (Wildman–Crippen MR) is 136 cm³/mol. The number of aliphatic hydroxyl groups excluding tert-OH is 2. The minimum absolute atomic E-state index is 0.0790. The molecule has 216 valence electrons. The summed E-state index contributed by atoms with van der Waals surface area (Å²) in [7, 11) is -4.73. The second kappa shape index (κ2) is 11.7. The predicted octanol–water partition coefficient (Wildman–Crippen LogP) is 0.0101. The first-order valence-corrected chi connectivity index (χ1v) is 14.4. The van der Waals surface area contributed by atoms with Crippen molar-refractivity contribution in [2.24, 2.45) is 0 Å². The molecular weight excluding hydrogens is 549 g/mol. The van der Waals surface area contributed by atoms with Gasteiger partial charge in [0.05, 0.1) is 25.5 Å². The van der Waals surface area contributed by atoms with E-state index < -0.39 is 49.2 Å². The molecule has 0 radical (unpaired) electrons. The van der Waals surface area contributed by atoms with E-state index in [9.17, 15) is 34.2 Å². The van der Waals surface area contributed by atoms with E-state index >= 15 is 0 Å². The Bertz CT molecular complexity index is 1480. The number of ether oxygens (including phenoxy) is 3. The number of nitrogens with zero attached hydrogens (tertiary/aromatic N) is 4. The van der Waals surface area contributed by atoms with Crippen molar-refractivity contribution < 1.29 is 38.8 Å². The van der Waals surface area contributed by atoms with Crippen LogP contribution in [0.25, 0.3) is 0 Å². The summed E-state index contributed by atoms with van der Waals surface area (Å²) in [4.78, 5) is 45.7. The normalized spacial score (nSPS) is 24.4. The quantitative estimate of drug-likeness (QED) is 0.201. The zero-order valence-electron chi connectivity index (χ0n) is 21.2. The van der Waals surface area contributed by atoms with Crippen LogP contribution in [-0.2, 0) is 20.6 Å². The van der Waals surface area contributed by atoms with E-state index in [1.54, 1.807) is 24.3 Å². The number of rotatable bonds is 10. The molecule has 1 aliphatic heterocycles. The summed E-state index contributed by atoms with van der Waals surface area (Å²) in [5, 5.41) is 28.6. The molecule has 0 amide bonds. The summed E-state index contributed by atoms with van der Waals surface area (Å²) in [6, 6.07) is 7.67. The smallest absolute Gasteiger partial charge is 0.354 e. The molecule has 2 fully saturated rings. The molecule has 0 bridgehead atoms. The van der Waals surface area contributed by atoms with Gasteiger partial charge in [0, 0.05) is 12.3 Å². The molecule has 5 atom stereocenters. The molecule has 40 heavy (non-hydrogen) atoms. The van der Waals surface area contributed by atoms with E-state index in [1.807, 2.05) is 0 Å².